The Morgan fingerprint density at radius 2 is 1.25 bits per heavy atom. The van der Waals surface area contributed by atoms with Crippen LogP contribution < -0.4 is 0 Å². The maximum Gasteiger partial charge on any atom is 0.359 e. The van der Waals surface area contributed by atoms with E-state index in [9.17, 15) is 19.2 Å². The number of carbonyl (C=O) groups excluding carboxylic acids is 4. The van der Waals surface area contributed by atoms with E-state index in [2.05, 4.69) is 42.1 Å². The number of aromatic nitrogens is 4. The highest BCUT2D eigenvalue weighted by Gasteiger charge is 2.37. The van der Waals surface area contributed by atoms with Crippen molar-refractivity contribution in [2.75, 3.05) is 19.8 Å². The predicted octanol–water partition coefficient (Wildman–Crippen LogP) is 7.96. The van der Waals surface area contributed by atoms with E-state index in [1.54, 1.807) is 6.92 Å². The molecule has 14 heteroatoms. The first-order chi connectivity index (χ1) is 25.6. The molecular weight excluding hydrogens is 830 g/mol. The number of hydrogen-bond acceptors (Lipinski definition) is 8. The molecule has 0 bridgehead atoms. The molecule has 3 heterocycles. The normalized spacial score (nSPS) is 15.8. The molecule has 2 saturated carbocycles. The highest BCUT2D eigenvalue weighted by molar-refractivity contribution is 9.10. The highest BCUT2D eigenvalue weighted by Crippen LogP contribution is 2.34. The summed E-state index contributed by atoms with van der Waals surface area (Å²) in [5, 5.41) is 8.94. The van der Waals surface area contributed by atoms with E-state index in [0.29, 0.717) is 44.1 Å². The number of rotatable bonds is 8. The molecule has 0 spiro atoms. The van der Waals surface area contributed by atoms with Crippen LogP contribution in [0.15, 0.2) is 57.5 Å². The van der Waals surface area contributed by atoms with Gasteiger partial charge >= 0.3 is 11.9 Å². The molecule has 0 N–H and O–H groups in total. The van der Waals surface area contributed by atoms with Crippen molar-refractivity contribution in [3.63, 3.8) is 0 Å². The van der Waals surface area contributed by atoms with Crippen LogP contribution in [0.3, 0.4) is 0 Å². The van der Waals surface area contributed by atoms with E-state index in [1.807, 2.05) is 69.7 Å². The number of amides is 1. The summed E-state index contributed by atoms with van der Waals surface area (Å²) in [6.45, 7) is 5.34. The maximum atomic E-state index is 12.5. The number of hydrogen-bond donors (Lipinski definition) is 0. The number of fused-ring (bicyclic) bond motifs is 2. The van der Waals surface area contributed by atoms with Gasteiger partial charge in [0, 0.05) is 57.1 Å². The van der Waals surface area contributed by atoms with Crippen molar-refractivity contribution in [2.45, 2.75) is 78.2 Å². The van der Waals surface area contributed by atoms with Crippen molar-refractivity contribution >= 4 is 66.5 Å². The van der Waals surface area contributed by atoms with Crippen LogP contribution in [-0.4, -0.2) is 67.3 Å². The Bertz CT molecular complexity index is 2000. The third kappa shape index (κ3) is 9.47. The van der Waals surface area contributed by atoms with Gasteiger partial charge in [0.25, 0.3) is 0 Å². The van der Waals surface area contributed by atoms with Crippen LogP contribution in [0.2, 0.25) is 0 Å². The minimum absolute atomic E-state index is 0.157. The summed E-state index contributed by atoms with van der Waals surface area (Å²) in [6, 6.07) is 15.8. The second-order valence-electron chi connectivity index (χ2n) is 13.3. The molecule has 4 aliphatic rings. The fourth-order valence-electron chi connectivity index (χ4n) is 6.47. The van der Waals surface area contributed by atoms with Crippen molar-refractivity contribution in [3.05, 3.63) is 91.4 Å². The van der Waals surface area contributed by atoms with Gasteiger partial charge in [-0.2, -0.15) is 10.2 Å². The van der Waals surface area contributed by atoms with E-state index in [1.165, 1.54) is 0 Å². The van der Waals surface area contributed by atoms with Crippen molar-refractivity contribution in [3.8, 4) is 11.4 Å². The molecule has 2 aromatic carbocycles. The summed E-state index contributed by atoms with van der Waals surface area (Å²) in [4.78, 5) is 48.9. The van der Waals surface area contributed by atoms with Gasteiger partial charge in [-0.15, -0.1) is 0 Å². The van der Waals surface area contributed by atoms with Crippen LogP contribution in [0, 0.1) is 11.8 Å². The van der Waals surface area contributed by atoms with Gasteiger partial charge in [-0.25, -0.2) is 19.0 Å². The number of esters is 2. The molecule has 280 valence electrons. The average molecular weight is 872 g/mol. The maximum absolute atomic E-state index is 12.5. The lowest BCUT2D eigenvalue weighted by Crippen LogP contribution is -2.37. The molecule has 0 atom stereocenters. The van der Waals surface area contributed by atoms with Gasteiger partial charge in [-0.05, 0) is 113 Å². The van der Waals surface area contributed by atoms with Crippen LogP contribution in [0.25, 0.3) is 11.4 Å². The Hall–Kier alpha value is -3.81. The summed E-state index contributed by atoms with van der Waals surface area (Å²) in [5.41, 5.74) is 6.63. The monoisotopic (exact) mass is 869 g/mol. The van der Waals surface area contributed by atoms with Crippen LogP contribution in [0.1, 0.15) is 95.9 Å². The number of nitrogens with zero attached hydrogens (tertiary/aromatic N) is 5. The lowest BCUT2D eigenvalue weighted by molar-refractivity contribution is -0.133. The molecule has 1 aliphatic heterocycles. The largest absolute Gasteiger partial charge is 0.461 e. The molecule has 0 radical (unpaired) electrons. The lowest BCUT2D eigenvalue weighted by Gasteiger charge is -2.28. The zero-order chi connectivity index (χ0) is 37.6. The molecule has 0 unspecified atom stereocenters. The highest BCUT2D eigenvalue weighted by atomic mass is 79.9. The molecule has 1 amide bonds. The molecule has 2 fully saturated rings. The second kappa shape index (κ2) is 17.6. The summed E-state index contributed by atoms with van der Waals surface area (Å²) in [6.07, 6.45) is 8.75. The predicted molar refractivity (Wildman–Crippen MR) is 207 cm³/mol. The molecule has 53 heavy (non-hydrogen) atoms. The Kier molecular flexibility index (Phi) is 12.9. The van der Waals surface area contributed by atoms with Gasteiger partial charge in [0.1, 0.15) is 0 Å². The van der Waals surface area contributed by atoms with E-state index >= 15 is 0 Å². The topological polar surface area (TPSA) is 126 Å². The number of carbonyl (C=O) groups is 4. The Morgan fingerprint density at radius 3 is 1.72 bits per heavy atom. The second-order valence-corrected chi connectivity index (χ2v) is 15.5. The smallest absolute Gasteiger partial charge is 0.359 e. The van der Waals surface area contributed by atoms with Gasteiger partial charge in [0.15, 0.2) is 11.4 Å². The van der Waals surface area contributed by atoms with E-state index in [4.69, 9.17) is 21.1 Å². The molecular formula is C39H42Br2ClN5O6. The van der Waals surface area contributed by atoms with Crippen molar-refractivity contribution < 1.29 is 28.7 Å². The minimum Gasteiger partial charge on any atom is -0.461 e. The Morgan fingerprint density at radius 1 is 0.736 bits per heavy atom. The fourth-order valence-corrected chi connectivity index (χ4v) is 7.47. The molecule has 3 aliphatic carbocycles. The van der Waals surface area contributed by atoms with Gasteiger partial charge in [-0.3, -0.25) is 9.59 Å². The van der Waals surface area contributed by atoms with E-state index in [0.717, 1.165) is 94.2 Å². The zero-order valence-electron chi connectivity index (χ0n) is 29.8. The molecule has 2 aromatic heterocycles. The van der Waals surface area contributed by atoms with Crippen LogP contribution >= 0.6 is 43.5 Å². The fraction of sp³-hybridized carbons (Fsp3) is 0.436. The SMILES string of the molecule is CCOC(=O)c1nn(-c2cccc(Br)c2)c2c1CCCC2.CCOC(=O)c1nn(-c2cccc(Br)c2)c2c1CN(C(=O)C1CC1)CC2.O=C(Cl)C1CC1. The standard InChI is InChI=1S/C19H20BrN3O3.C16H17BrN2O2.C4H5ClO/c1-2-26-19(25)17-15-11-22(18(24)12-6-7-12)9-8-16(15)23(21-17)14-5-3-4-13(20)10-14;1-2-21-16(20)15-13-8-3-4-9-14(13)19(18-15)12-7-5-6-11(17)10-12;5-4(6)3-1-2-3/h3-5,10,12H,2,6-9,11H2,1H3;5-7,10H,2-4,8-9H2,1H3;3H,1-2H2. The van der Waals surface area contributed by atoms with Gasteiger partial charge in [-0.1, -0.05) is 44.0 Å². The van der Waals surface area contributed by atoms with Crippen molar-refractivity contribution in [2.24, 2.45) is 11.8 Å². The van der Waals surface area contributed by atoms with Gasteiger partial charge in [0.05, 0.1) is 30.3 Å². The van der Waals surface area contributed by atoms with Gasteiger partial charge < -0.3 is 14.4 Å². The molecule has 0 saturated heterocycles. The summed E-state index contributed by atoms with van der Waals surface area (Å²) in [7, 11) is 0. The summed E-state index contributed by atoms with van der Waals surface area (Å²) in [5.74, 6) is -0.155. The van der Waals surface area contributed by atoms with Crippen molar-refractivity contribution in [1.29, 1.82) is 0 Å². The first-order valence-electron chi connectivity index (χ1n) is 18.1. The third-order valence-corrected chi connectivity index (χ3v) is 10.7. The van der Waals surface area contributed by atoms with Crippen LogP contribution in [-0.2, 0) is 44.9 Å². The lowest BCUT2D eigenvalue weighted by atomic mass is 9.95. The number of halogens is 3. The third-order valence-electron chi connectivity index (χ3n) is 9.42. The Balaban J connectivity index is 0.000000159. The Labute approximate surface area is 330 Å². The number of benzene rings is 2. The number of ether oxygens (including phenoxy) is 2. The molecule has 4 aromatic rings. The quantitative estimate of drug-likeness (QED) is 0.129. The zero-order valence-corrected chi connectivity index (χ0v) is 33.7. The van der Waals surface area contributed by atoms with Gasteiger partial charge in [0.2, 0.25) is 11.1 Å². The van der Waals surface area contributed by atoms with Crippen LogP contribution in [0.5, 0.6) is 0 Å². The summed E-state index contributed by atoms with van der Waals surface area (Å²) >= 11 is 12.0. The first kappa shape index (κ1) is 38.9. The molecule has 8 rings (SSSR count). The average Bonchev–Trinajstić information content (AvgIpc) is 4.10. The van der Waals surface area contributed by atoms with E-state index in [-0.39, 0.29) is 29.0 Å². The van der Waals surface area contributed by atoms with Crippen molar-refractivity contribution in [1.82, 2.24) is 24.5 Å². The van der Waals surface area contributed by atoms with E-state index < -0.39 is 5.97 Å². The molecule has 11 nitrogen and oxygen atoms in total. The first-order valence-corrected chi connectivity index (χ1v) is 20.1. The van der Waals surface area contributed by atoms with Crippen LogP contribution in [0.4, 0.5) is 0 Å². The minimum atomic E-state index is -0.432. The summed E-state index contributed by atoms with van der Waals surface area (Å²) < 4.78 is 16.0.